The van der Waals surface area contributed by atoms with Gasteiger partial charge in [0, 0.05) is 18.8 Å². The van der Waals surface area contributed by atoms with Crippen LogP contribution >= 0.6 is 0 Å². The highest BCUT2D eigenvalue weighted by atomic mass is 16.2. The minimum Gasteiger partial charge on any atom is -0.324 e. The van der Waals surface area contributed by atoms with Crippen LogP contribution in [0, 0.1) is 5.41 Å². The predicted octanol–water partition coefficient (Wildman–Crippen LogP) is 4.05. The number of hydrogen-bond acceptors (Lipinski definition) is 1. The zero-order chi connectivity index (χ0) is 14.0. The van der Waals surface area contributed by atoms with Crippen LogP contribution in [0.4, 0.5) is 10.5 Å². The topological polar surface area (TPSA) is 32.3 Å². The summed E-state index contributed by atoms with van der Waals surface area (Å²) in [5.41, 5.74) is 2.63. The molecule has 0 bridgehead atoms. The first-order valence-electron chi connectivity index (χ1n) is 7.86. The standard InChI is InChI=1S/C17H24N2O/c1-2-14-6-5-7-15(12-14)18-16(20)19-11-10-17(13-19)8-3-4-9-17/h5-7,12H,2-4,8-11,13H2,1H3,(H,18,20). The number of carbonyl (C=O) groups is 1. The van der Waals surface area contributed by atoms with Crippen LogP contribution in [0.2, 0.25) is 0 Å². The van der Waals surface area contributed by atoms with Crippen molar-refractivity contribution in [2.24, 2.45) is 5.41 Å². The summed E-state index contributed by atoms with van der Waals surface area (Å²) in [5, 5.41) is 3.05. The van der Waals surface area contributed by atoms with Gasteiger partial charge in [-0.15, -0.1) is 0 Å². The number of amides is 2. The average molecular weight is 272 g/mol. The van der Waals surface area contributed by atoms with Crippen molar-refractivity contribution < 1.29 is 4.79 Å². The molecule has 0 radical (unpaired) electrons. The lowest BCUT2D eigenvalue weighted by atomic mass is 9.86. The first kappa shape index (κ1) is 13.5. The van der Waals surface area contributed by atoms with Crippen LogP contribution in [0.5, 0.6) is 0 Å². The van der Waals surface area contributed by atoms with Crippen molar-refractivity contribution in [3.8, 4) is 0 Å². The molecule has 108 valence electrons. The number of carbonyl (C=O) groups excluding carboxylic acids is 1. The third-order valence-electron chi connectivity index (χ3n) is 4.98. The Kier molecular flexibility index (Phi) is 3.68. The molecule has 1 aromatic carbocycles. The summed E-state index contributed by atoms with van der Waals surface area (Å²) in [6, 6.07) is 8.22. The molecule has 3 heteroatoms. The molecule has 3 rings (SSSR count). The van der Waals surface area contributed by atoms with Crippen molar-refractivity contribution in [2.45, 2.75) is 45.4 Å². The van der Waals surface area contributed by atoms with E-state index in [-0.39, 0.29) is 6.03 Å². The zero-order valence-electron chi connectivity index (χ0n) is 12.3. The Morgan fingerprint density at radius 2 is 2.10 bits per heavy atom. The molecular formula is C17H24N2O. The van der Waals surface area contributed by atoms with Gasteiger partial charge in [0.25, 0.3) is 0 Å². The van der Waals surface area contributed by atoms with Crippen LogP contribution in [0.25, 0.3) is 0 Å². The number of urea groups is 1. The van der Waals surface area contributed by atoms with Gasteiger partial charge >= 0.3 is 6.03 Å². The number of aryl methyl sites for hydroxylation is 1. The van der Waals surface area contributed by atoms with E-state index >= 15 is 0 Å². The van der Waals surface area contributed by atoms with Crippen molar-refractivity contribution in [2.75, 3.05) is 18.4 Å². The molecule has 0 atom stereocenters. The summed E-state index contributed by atoms with van der Waals surface area (Å²) in [6.45, 7) is 4.00. The van der Waals surface area contributed by atoms with E-state index in [1.165, 1.54) is 37.7 Å². The Morgan fingerprint density at radius 1 is 1.30 bits per heavy atom. The fourth-order valence-corrected chi connectivity index (χ4v) is 3.71. The Morgan fingerprint density at radius 3 is 2.85 bits per heavy atom. The minimum absolute atomic E-state index is 0.0713. The van der Waals surface area contributed by atoms with Gasteiger partial charge in [-0.05, 0) is 48.8 Å². The van der Waals surface area contributed by atoms with Crippen LogP contribution in [-0.2, 0) is 6.42 Å². The second-order valence-corrected chi connectivity index (χ2v) is 6.36. The number of likely N-dealkylation sites (tertiary alicyclic amines) is 1. The maximum Gasteiger partial charge on any atom is 0.321 e. The van der Waals surface area contributed by atoms with Gasteiger partial charge in [-0.1, -0.05) is 31.9 Å². The molecule has 1 N–H and O–H groups in total. The van der Waals surface area contributed by atoms with Gasteiger partial charge in [0.05, 0.1) is 0 Å². The molecule has 1 aliphatic carbocycles. The molecule has 2 amide bonds. The molecule has 0 aromatic heterocycles. The lowest BCUT2D eigenvalue weighted by molar-refractivity contribution is 0.213. The number of hydrogen-bond donors (Lipinski definition) is 1. The number of nitrogens with one attached hydrogen (secondary N) is 1. The molecule has 1 aliphatic heterocycles. The second-order valence-electron chi connectivity index (χ2n) is 6.36. The van der Waals surface area contributed by atoms with Crippen LogP contribution < -0.4 is 5.32 Å². The fourth-order valence-electron chi connectivity index (χ4n) is 3.71. The second kappa shape index (κ2) is 5.47. The van der Waals surface area contributed by atoms with Gasteiger partial charge in [-0.25, -0.2) is 4.79 Å². The van der Waals surface area contributed by atoms with Crippen LogP contribution in [-0.4, -0.2) is 24.0 Å². The molecule has 1 saturated heterocycles. The summed E-state index contributed by atoms with van der Waals surface area (Å²) in [7, 11) is 0. The molecule has 3 nitrogen and oxygen atoms in total. The molecule has 0 unspecified atom stereocenters. The first-order valence-corrected chi connectivity index (χ1v) is 7.86. The normalized spacial score (nSPS) is 20.6. The number of benzene rings is 1. The van der Waals surface area contributed by atoms with Crippen molar-refractivity contribution in [3.05, 3.63) is 29.8 Å². The summed E-state index contributed by atoms with van der Waals surface area (Å²) in [5.74, 6) is 0. The Bertz CT molecular complexity index is 492. The number of rotatable bonds is 2. The molecule has 1 aromatic rings. The highest BCUT2D eigenvalue weighted by molar-refractivity contribution is 5.89. The van der Waals surface area contributed by atoms with Crippen LogP contribution in [0.3, 0.4) is 0 Å². The number of anilines is 1. The van der Waals surface area contributed by atoms with E-state index in [1.807, 2.05) is 17.0 Å². The molecular weight excluding hydrogens is 248 g/mol. The average Bonchev–Trinajstić information content (AvgIpc) is 3.10. The molecule has 1 heterocycles. The van der Waals surface area contributed by atoms with E-state index in [2.05, 4.69) is 24.4 Å². The molecule has 1 saturated carbocycles. The van der Waals surface area contributed by atoms with Gasteiger partial charge in [0.15, 0.2) is 0 Å². The third kappa shape index (κ3) is 2.67. The van der Waals surface area contributed by atoms with Crippen LogP contribution in [0.1, 0.15) is 44.6 Å². The molecule has 20 heavy (non-hydrogen) atoms. The van der Waals surface area contributed by atoms with E-state index in [0.29, 0.717) is 5.41 Å². The zero-order valence-corrected chi connectivity index (χ0v) is 12.3. The van der Waals surface area contributed by atoms with E-state index < -0.39 is 0 Å². The van der Waals surface area contributed by atoms with E-state index in [4.69, 9.17) is 0 Å². The van der Waals surface area contributed by atoms with Crippen molar-refractivity contribution in [1.82, 2.24) is 4.90 Å². The Balaban J connectivity index is 1.62. The Hall–Kier alpha value is -1.51. The predicted molar refractivity (Wildman–Crippen MR) is 81.9 cm³/mol. The lowest BCUT2D eigenvalue weighted by Gasteiger charge is -2.23. The maximum atomic E-state index is 12.4. The van der Waals surface area contributed by atoms with Crippen molar-refractivity contribution in [1.29, 1.82) is 0 Å². The van der Waals surface area contributed by atoms with Gasteiger partial charge in [-0.2, -0.15) is 0 Å². The van der Waals surface area contributed by atoms with E-state index in [0.717, 1.165) is 25.2 Å². The highest BCUT2D eigenvalue weighted by Gasteiger charge is 2.41. The number of nitrogens with zero attached hydrogens (tertiary/aromatic N) is 1. The summed E-state index contributed by atoms with van der Waals surface area (Å²) < 4.78 is 0. The van der Waals surface area contributed by atoms with Gasteiger partial charge in [0.2, 0.25) is 0 Å². The van der Waals surface area contributed by atoms with Gasteiger partial charge in [-0.3, -0.25) is 0 Å². The lowest BCUT2D eigenvalue weighted by Crippen LogP contribution is -2.34. The van der Waals surface area contributed by atoms with Crippen LogP contribution in [0.15, 0.2) is 24.3 Å². The summed E-state index contributed by atoms with van der Waals surface area (Å²) in [4.78, 5) is 14.4. The molecule has 1 spiro atoms. The smallest absolute Gasteiger partial charge is 0.321 e. The monoisotopic (exact) mass is 272 g/mol. The summed E-state index contributed by atoms with van der Waals surface area (Å²) in [6.07, 6.45) is 7.48. The molecule has 2 aliphatic rings. The minimum atomic E-state index is 0.0713. The third-order valence-corrected chi connectivity index (χ3v) is 4.98. The first-order chi connectivity index (χ1) is 9.71. The highest BCUT2D eigenvalue weighted by Crippen LogP contribution is 2.45. The maximum absolute atomic E-state index is 12.4. The van der Waals surface area contributed by atoms with Gasteiger partial charge < -0.3 is 10.2 Å². The van der Waals surface area contributed by atoms with Gasteiger partial charge in [0.1, 0.15) is 0 Å². The summed E-state index contributed by atoms with van der Waals surface area (Å²) >= 11 is 0. The molecule has 2 fully saturated rings. The largest absolute Gasteiger partial charge is 0.324 e. The van der Waals surface area contributed by atoms with Crippen molar-refractivity contribution in [3.63, 3.8) is 0 Å². The fraction of sp³-hybridized carbons (Fsp3) is 0.588. The van der Waals surface area contributed by atoms with Crippen molar-refractivity contribution >= 4 is 11.7 Å². The van der Waals surface area contributed by atoms with E-state index in [1.54, 1.807) is 0 Å². The Labute approximate surface area is 121 Å². The quantitative estimate of drug-likeness (QED) is 0.865. The van der Waals surface area contributed by atoms with E-state index in [9.17, 15) is 4.79 Å². The SMILES string of the molecule is CCc1cccc(NC(=O)N2CCC3(CCCC3)C2)c1.